The molecule has 1 heteroatoms. The van der Waals surface area contributed by atoms with Crippen LogP contribution >= 0.6 is 0 Å². The molecule has 2 unspecified atom stereocenters. The third-order valence-electron chi connectivity index (χ3n) is 3.68. The van der Waals surface area contributed by atoms with Gasteiger partial charge in [-0.3, -0.25) is 0 Å². The van der Waals surface area contributed by atoms with Crippen LogP contribution in [-0.2, 0) is 5.60 Å². The molecule has 1 saturated carbocycles. The van der Waals surface area contributed by atoms with Crippen molar-refractivity contribution in [3.05, 3.63) is 35.4 Å². The van der Waals surface area contributed by atoms with E-state index in [1.165, 1.54) is 30.4 Å². The summed E-state index contributed by atoms with van der Waals surface area (Å²) in [5.74, 6) is 0.442. The van der Waals surface area contributed by atoms with E-state index in [2.05, 4.69) is 18.2 Å². The Morgan fingerprint density at radius 2 is 2.08 bits per heavy atom. The zero-order valence-electron chi connectivity index (χ0n) is 7.66. The molecule has 2 aliphatic rings. The normalized spacial score (nSPS) is 35.9. The summed E-state index contributed by atoms with van der Waals surface area (Å²) in [6.45, 7) is 0. The van der Waals surface area contributed by atoms with Crippen LogP contribution in [0.5, 0.6) is 0 Å². The van der Waals surface area contributed by atoms with Crippen molar-refractivity contribution >= 4 is 0 Å². The highest BCUT2D eigenvalue weighted by atomic mass is 16.3. The molecule has 0 saturated heterocycles. The Labute approximate surface area is 78.4 Å². The number of fused-ring (bicyclic) bond motifs is 4. The van der Waals surface area contributed by atoms with Gasteiger partial charge in [-0.2, -0.15) is 0 Å². The molecule has 1 nitrogen and oxygen atoms in total. The minimum absolute atomic E-state index is 0.442. The summed E-state index contributed by atoms with van der Waals surface area (Å²) >= 11 is 0. The fraction of sp³-hybridized carbons (Fsp3) is 0.500. The zero-order chi connectivity index (χ0) is 8.89. The summed E-state index contributed by atoms with van der Waals surface area (Å²) < 4.78 is 0. The van der Waals surface area contributed by atoms with Gasteiger partial charge in [-0.1, -0.05) is 37.1 Å². The van der Waals surface area contributed by atoms with Gasteiger partial charge in [-0.15, -0.1) is 0 Å². The van der Waals surface area contributed by atoms with Gasteiger partial charge in [0.2, 0.25) is 0 Å². The molecule has 2 atom stereocenters. The molecule has 0 aliphatic heterocycles. The SMILES string of the molecule is OC12CCCCC1c1ccccc12. The third kappa shape index (κ3) is 0.806. The maximum Gasteiger partial charge on any atom is 0.0967 e. The van der Waals surface area contributed by atoms with Gasteiger partial charge >= 0.3 is 0 Å². The maximum absolute atomic E-state index is 10.4. The second-order valence-corrected chi connectivity index (χ2v) is 4.31. The Bertz CT molecular complexity index is 345. The summed E-state index contributed by atoms with van der Waals surface area (Å²) in [4.78, 5) is 0. The van der Waals surface area contributed by atoms with Crippen LogP contribution in [0.25, 0.3) is 0 Å². The Morgan fingerprint density at radius 3 is 3.00 bits per heavy atom. The van der Waals surface area contributed by atoms with Crippen LogP contribution in [0.1, 0.15) is 42.7 Å². The molecule has 13 heavy (non-hydrogen) atoms. The zero-order valence-corrected chi connectivity index (χ0v) is 7.66. The predicted molar refractivity (Wildman–Crippen MR) is 51.5 cm³/mol. The van der Waals surface area contributed by atoms with Crippen LogP contribution in [0.15, 0.2) is 24.3 Å². The number of rotatable bonds is 0. The largest absolute Gasteiger partial charge is 0.385 e. The lowest BCUT2D eigenvalue weighted by Crippen LogP contribution is -2.45. The van der Waals surface area contributed by atoms with Crippen molar-refractivity contribution in [2.45, 2.75) is 37.2 Å². The molecule has 1 aromatic rings. The van der Waals surface area contributed by atoms with Crippen LogP contribution in [0.2, 0.25) is 0 Å². The fourth-order valence-electron chi connectivity index (χ4n) is 3.01. The highest BCUT2D eigenvalue weighted by Crippen LogP contribution is 2.57. The lowest BCUT2D eigenvalue weighted by atomic mass is 9.58. The average Bonchev–Trinajstić information content (AvgIpc) is 2.17. The Morgan fingerprint density at radius 1 is 1.23 bits per heavy atom. The summed E-state index contributed by atoms with van der Waals surface area (Å²) in [5.41, 5.74) is 2.14. The lowest BCUT2D eigenvalue weighted by Gasteiger charge is -2.50. The molecular weight excluding hydrogens is 160 g/mol. The van der Waals surface area contributed by atoms with Gasteiger partial charge in [-0.05, 0) is 24.0 Å². The molecular formula is C12H14O. The number of benzene rings is 1. The molecule has 1 fully saturated rings. The average molecular weight is 174 g/mol. The van der Waals surface area contributed by atoms with Gasteiger partial charge in [0.05, 0.1) is 5.60 Å². The van der Waals surface area contributed by atoms with E-state index < -0.39 is 5.60 Å². The second kappa shape index (κ2) is 2.36. The summed E-state index contributed by atoms with van der Waals surface area (Å²) in [6, 6.07) is 8.35. The predicted octanol–water partition coefficient (Wildman–Crippen LogP) is 2.55. The molecule has 0 spiro atoms. The Hall–Kier alpha value is -0.820. The highest BCUT2D eigenvalue weighted by molar-refractivity contribution is 5.48. The molecule has 1 N–H and O–H groups in total. The first-order valence-electron chi connectivity index (χ1n) is 5.14. The van der Waals surface area contributed by atoms with Gasteiger partial charge in [0, 0.05) is 5.92 Å². The number of hydrogen-bond donors (Lipinski definition) is 1. The van der Waals surface area contributed by atoms with E-state index in [-0.39, 0.29) is 0 Å². The van der Waals surface area contributed by atoms with Crippen molar-refractivity contribution in [1.29, 1.82) is 0 Å². The van der Waals surface area contributed by atoms with E-state index in [0.29, 0.717) is 5.92 Å². The lowest BCUT2D eigenvalue weighted by molar-refractivity contribution is -0.0493. The smallest absolute Gasteiger partial charge is 0.0967 e. The topological polar surface area (TPSA) is 20.2 Å². The minimum atomic E-state index is -0.450. The molecule has 0 radical (unpaired) electrons. The quantitative estimate of drug-likeness (QED) is 0.641. The van der Waals surface area contributed by atoms with Crippen LogP contribution < -0.4 is 0 Å². The van der Waals surface area contributed by atoms with Gasteiger partial charge < -0.3 is 5.11 Å². The van der Waals surface area contributed by atoms with Gasteiger partial charge in [0.25, 0.3) is 0 Å². The van der Waals surface area contributed by atoms with E-state index in [0.717, 1.165) is 6.42 Å². The number of aliphatic hydroxyl groups is 1. The molecule has 2 aliphatic carbocycles. The summed E-state index contributed by atoms with van der Waals surface area (Å²) in [5, 5.41) is 10.4. The van der Waals surface area contributed by atoms with Crippen molar-refractivity contribution in [3.8, 4) is 0 Å². The van der Waals surface area contributed by atoms with Crippen molar-refractivity contribution in [3.63, 3.8) is 0 Å². The van der Waals surface area contributed by atoms with Crippen molar-refractivity contribution in [2.24, 2.45) is 0 Å². The third-order valence-corrected chi connectivity index (χ3v) is 3.68. The first-order valence-corrected chi connectivity index (χ1v) is 5.14. The number of hydrogen-bond acceptors (Lipinski definition) is 1. The van der Waals surface area contributed by atoms with Crippen molar-refractivity contribution in [1.82, 2.24) is 0 Å². The van der Waals surface area contributed by atoms with Crippen LogP contribution in [0.4, 0.5) is 0 Å². The molecule has 0 bridgehead atoms. The summed E-state index contributed by atoms with van der Waals surface area (Å²) in [6.07, 6.45) is 4.60. The van der Waals surface area contributed by atoms with E-state index >= 15 is 0 Å². The van der Waals surface area contributed by atoms with E-state index in [1.54, 1.807) is 0 Å². The molecule has 0 heterocycles. The van der Waals surface area contributed by atoms with E-state index in [9.17, 15) is 5.11 Å². The Balaban J connectivity index is 2.11. The highest BCUT2D eigenvalue weighted by Gasteiger charge is 2.50. The van der Waals surface area contributed by atoms with Gasteiger partial charge in [-0.25, -0.2) is 0 Å². The second-order valence-electron chi connectivity index (χ2n) is 4.31. The molecule has 0 aromatic heterocycles. The molecule has 3 rings (SSSR count). The van der Waals surface area contributed by atoms with E-state index in [4.69, 9.17) is 0 Å². The Kier molecular flexibility index (Phi) is 1.37. The van der Waals surface area contributed by atoms with Gasteiger partial charge in [0.15, 0.2) is 0 Å². The van der Waals surface area contributed by atoms with E-state index in [1.807, 2.05) is 6.07 Å². The summed E-state index contributed by atoms with van der Waals surface area (Å²) in [7, 11) is 0. The monoisotopic (exact) mass is 174 g/mol. The molecule has 1 aromatic carbocycles. The standard InChI is InChI=1S/C12H14O/c13-12-8-4-3-7-11(12)9-5-1-2-6-10(9)12/h1-2,5-6,11,13H,3-4,7-8H2. The minimum Gasteiger partial charge on any atom is -0.385 e. The fourth-order valence-corrected chi connectivity index (χ4v) is 3.01. The first-order chi connectivity index (χ1) is 6.32. The van der Waals surface area contributed by atoms with Crippen molar-refractivity contribution < 1.29 is 5.11 Å². The van der Waals surface area contributed by atoms with Crippen molar-refractivity contribution in [2.75, 3.05) is 0 Å². The van der Waals surface area contributed by atoms with Crippen LogP contribution in [0.3, 0.4) is 0 Å². The maximum atomic E-state index is 10.4. The van der Waals surface area contributed by atoms with Crippen LogP contribution in [-0.4, -0.2) is 5.11 Å². The van der Waals surface area contributed by atoms with Gasteiger partial charge in [0.1, 0.15) is 0 Å². The first kappa shape index (κ1) is 7.57. The molecule has 68 valence electrons. The molecule has 0 amide bonds. The van der Waals surface area contributed by atoms with Crippen LogP contribution in [0, 0.1) is 0 Å².